The smallest absolute Gasteiger partial charge is 0.269 e. The maximum absolute atomic E-state index is 13.9. The number of amides is 1. The third-order valence-electron chi connectivity index (χ3n) is 9.70. The summed E-state index contributed by atoms with van der Waals surface area (Å²) in [6.45, 7) is 6.50. The second kappa shape index (κ2) is 11.4. The Morgan fingerprint density at radius 1 is 0.848 bits per heavy atom. The van der Waals surface area contributed by atoms with Gasteiger partial charge in [0.1, 0.15) is 0 Å². The number of rotatable bonds is 6. The highest BCUT2D eigenvalue weighted by Gasteiger charge is 2.44. The average molecular weight is 634 g/mol. The van der Waals surface area contributed by atoms with Crippen molar-refractivity contribution in [1.82, 2.24) is 18.8 Å². The molecule has 0 unspecified atom stereocenters. The predicted octanol–water partition coefficient (Wildman–Crippen LogP) is 6.15. The zero-order valence-corrected chi connectivity index (χ0v) is 27.6. The normalized spacial score (nSPS) is 16.5. The van der Waals surface area contributed by atoms with Crippen LogP contribution in [-0.2, 0) is 10.0 Å². The number of likely N-dealkylation sites (tertiary alicyclic amines) is 1. The third-order valence-corrected chi connectivity index (χ3v) is 11.4. The van der Waals surface area contributed by atoms with Crippen LogP contribution in [0.5, 0.6) is 0 Å². The van der Waals surface area contributed by atoms with Crippen LogP contribution in [0.25, 0.3) is 33.3 Å². The van der Waals surface area contributed by atoms with E-state index in [4.69, 9.17) is 4.98 Å². The molecule has 5 aromatic rings. The number of piperidine rings is 1. The van der Waals surface area contributed by atoms with E-state index in [1.807, 2.05) is 25.1 Å². The number of hydrogen-bond acceptors (Lipinski definition) is 6. The van der Waals surface area contributed by atoms with Crippen LogP contribution >= 0.6 is 0 Å². The lowest BCUT2D eigenvalue weighted by Crippen LogP contribution is -2.60. The molecule has 4 heterocycles. The molecular formula is C37H39N5O3S. The highest BCUT2D eigenvalue weighted by Crippen LogP contribution is 2.43. The lowest BCUT2D eigenvalue weighted by atomic mass is 9.72. The molecule has 7 rings (SSSR count). The van der Waals surface area contributed by atoms with Gasteiger partial charge in [0.05, 0.1) is 4.90 Å². The molecule has 9 heteroatoms. The molecule has 2 saturated heterocycles. The summed E-state index contributed by atoms with van der Waals surface area (Å²) in [5, 5.41) is 0.718. The number of carbonyl (C=O) groups excluding carboxylic acids is 1. The fraction of sp³-hybridized carbons (Fsp3) is 0.297. The minimum absolute atomic E-state index is 0.0944. The van der Waals surface area contributed by atoms with Crippen molar-refractivity contribution in [3.63, 3.8) is 0 Å². The number of carbonyl (C=O) groups is 1. The van der Waals surface area contributed by atoms with Crippen LogP contribution in [0.4, 0.5) is 5.69 Å². The van der Waals surface area contributed by atoms with Crippen molar-refractivity contribution in [3.05, 3.63) is 102 Å². The largest absolute Gasteiger partial charge is 0.370 e. The van der Waals surface area contributed by atoms with Crippen LogP contribution in [0.3, 0.4) is 0 Å². The van der Waals surface area contributed by atoms with Gasteiger partial charge in [0.2, 0.25) is 0 Å². The van der Waals surface area contributed by atoms with Crippen molar-refractivity contribution < 1.29 is 13.2 Å². The summed E-state index contributed by atoms with van der Waals surface area (Å²) in [6.07, 6.45) is 5.92. The summed E-state index contributed by atoms with van der Waals surface area (Å²) in [5.74, 6) is -0.0944. The molecule has 2 aliphatic rings. The van der Waals surface area contributed by atoms with Gasteiger partial charge < -0.3 is 14.7 Å². The fourth-order valence-electron chi connectivity index (χ4n) is 6.74. The predicted molar refractivity (Wildman–Crippen MR) is 184 cm³/mol. The van der Waals surface area contributed by atoms with Gasteiger partial charge in [0, 0.05) is 72.8 Å². The molecule has 2 aromatic heterocycles. The first-order valence-electron chi connectivity index (χ1n) is 15.7. The van der Waals surface area contributed by atoms with Crippen molar-refractivity contribution in [2.45, 2.75) is 24.7 Å². The number of nitrogens with zero attached hydrogens (tertiary/aromatic N) is 5. The summed E-state index contributed by atoms with van der Waals surface area (Å²) in [7, 11) is 1.72. The summed E-state index contributed by atoms with van der Waals surface area (Å²) < 4.78 is 29.1. The van der Waals surface area contributed by atoms with Crippen LogP contribution in [0.2, 0.25) is 0 Å². The molecule has 2 fully saturated rings. The Bertz CT molecular complexity index is 2020. The van der Waals surface area contributed by atoms with E-state index in [1.165, 1.54) is 40.5 Å². The van der Waals surface area contributed by atoms with Gasteiger partial charge in [-0.3, -0.25) is 4.79 Å². The highest BCUT2D eigenvalue weighted by atomic mass is 32.2. The van der Waals surface area contributed by atoms with Gasteiger partial charge in [0.25, 0.3) is 15.9 Å². The van der Waals surface area contributed by atoms with Gasteiger partial charge in [-0.2, -0.15) is 0 Å². The molecule has 46 heavy (non-hydrogen) atoms. The molecule has 3 aromatic carbocycles. The van der Waals surface area contributed by atoms with Crippen LogP contribution in [0, 0.1) is 12.3 Å². The molecule has 2 aliphatic heterocycles. The van der Waals surface area contributed by atoms with Gasteiger partial charge in [0.15, 0.2) is 5.65 Å². The van der Waals surface area contributed by atoms with E-state index in [-0.39, 0.29) is 10.8 Å². The van der Waals surface area contributed by atoms with Crippen molar-refractivity contribution >= 4 is 32.7 Å². The third kappa shape index (κ3) is 5.37. The van der Waals surface area contributed by atoms with E-state index in [9.17, 15) is 13.2 Å². The second-order valence-electron chi connectivity index (χ2n) is 13.2. The van der Waals surface area contributed by atoms with Crippen LogP contribution in [-0.4, -0.2) is 80.4 Å². The first-order valence-corrected chi connectivity index (χ1v) is 17.2. The molecule has 0 N–H and O–H groups in total. The highest BCUT2D eigenvalue weighted by molar-refractivity contribution is 7.90. The quantitative estimate of drug-likeness (QED) is 0.223. The topological polar surface area (TPSA) is 78.8 Å². The number of pyridine rings is 1. The summed E-state index contributed by atoms with van der Waals surface area (Å²) in [6, 6.07) is 24.7. The first-order chi connectivity index (χ1) is 22.0. The molecule has 236 valence electrons. The Morgan fingerprint density at radius 3 is 2.11 bits per heavy atom. The second-order valence-corrected chi connectivity index (χ2v) is 15.0. The van der Waals surface area contributed by atoms with Gasteiger partial charge in [-0.1, -0.05) is 42.0 Å². The summed E-state index contributed by atoms with van der Waals surface area (Å²) in [5.41, 5.74) is 7.03. The van der Waals surface area contributed by atoms with Crippen molar-refractivity contribution in [3.8, 4) is 22.3 Å². The lowest BCUT2D eigenvalue weighted by Gasteiger charge is -2.54. The maximum atomic E-state index is 13.9. The number of aromatic nitrogens is 2. The zero-order valence-electron chi connectivity index (χ0n) is 26.8. The van der Waals surface area contributed by atoms with Crippen molar-refractivity contribution in [2.75, 3.05) is 52.2 Å². The Morgan fingerprint density at radius 2 is 1.48 bits per heavy atom. The Kier molecular flexibility index (Phi) is 7.48. The average Bonchev–Trinajstić information content (AvgIpc) is 3.44. The SMILES string of the molecule is Cc1ccc(S(=O)(=O)n2cc(-c3ccc(C(=O)N(C)C)cc3)c3cc(-c4ccc(N5CC6(CCN(C)CC6)C5)cc4)cnc32)cc1. The standard InChI is InChI=1S/C37H39N5O3S/c1-26-5-15-32(16-6-26)46(44,45)42-23-34(28-7-9-29(10-8-28)36(43)39(2)3)33-21-30(22-38-35(33)42)27-11-13-31(14-12-27)41-24-37(25-41)17-19-40(4)20-18-37/h5-16,21-23H,17-20,24-25H2,1-4H3. The van der Waals surface area contributed by atoms with Crippen LogP contribution in [0.15, 0.2) is 96.2 Å². The zero-order chi connectivity index (χ0) is 32.2. The monoisotopic (exact) mass is 633 g/mol. The first kappa shape index (κ1) is 30.2. The molecule has 1 spiro atoms. The number of anilines is 1. The number of aryl methyl sites for hydroxylation is 1. The van der Waals surface area contributed by atoms with Gasteiger partial charge in [-0.05, 0) is 93.5 Å². The van der Waals surface area contributed by atoms with E-state index in [0.29, 0.717) is 16.6 Å². The van der Waals surface area contributed by atoms with Crippen molar-refractivity contribution in [1.29, 1.82) is 0 Å². The molecule has 0 atom stereocenters. The van der Waals surface area contributed by atoms with Gasteiger partial charge >= 0.3 is 0 Å². The molecule has 8 nitrogen and oxygen atoms in total. The van der Waals surface area contributed by atoms with Crippen molar-refractivity contribution in [2.24, 2.45) is 5.41 Å². The van der Waals surface area contributed by atoms with E-state index in [0.717, 1.165) is 46.3 Å². The Labute approximate surface area is 270 Å². The summed E-state index contributed by atoms with van der Waals surface area (Å²) >= 11 is 0. The molecule has 1 amide bonds. The van der Waals surface area contributed by atoms with Gasteiger partial charge in [-0.15, -0.1) is 0 Å². The summed E-state index contributed by atoms with van der Waals surface area (Å²) in [4.78, 5) is 23.9. The van der Waals surface area contributed by atoms with E-state index >= 15 is 0 Å². The fourth-order valence-corrected chi connectivity index (χ4v) is 8.07. The minimum atomic E-state index is -3.92. The lowest BCUT2D eigenvalue weighted by molar-refractivity contribution is 0.0827. The van der Waals surface area contributed by atoms with E-state index in [2.05, 4.69) is 41.1 Å². The van der Waals surface area contributed by atoms with Gasteiger partial charge in [-0.25, -0.2) is 17.4 Å². The minimum Gasteiger partial charge on any atom is -0.370 e. The molecule has 0 saturated carbocycles. The van der Waals surface area contributed by atoms with Crippen LogP contribution < -0.4 is 4.90 Å². The molecule has 0 radical (unpaired) electrons. The Hall–Kier alpha value is -4.47. The molecule has 0 bridgehead atoms. The van der Waals surface area contributed by atoms with Crippen LogP contribution in [0.1, 0.15) is 28.8 Å². The maximum Gasteiger partial charge on any atom is 0.269 e. The van der Waals surface area contributed by atoms with E-state index in [1.54, 1.807) is 62.9 Å². The molecule has 0 aliphatic carbocycles. The number of fused-ring (bicyclic) bond motifs is 1. The van der Waals surface area contributed by atoms with E-state index < -0.39 is 10.0 Å². The Balaban J connectivity index is 1.25. The molecular weight excluding hydrogens is 595 g/mol. The number of hydrogen-bond donors (Lipinski definition) is 0. The number of benzene rings is 3.